The van der Waals surface area contributed by atoms with E-state index >= 15 is 0 Å². The van der Waals surface area contributed by atoms with Gasteiger partial charge in [-0.15, -0.1) is 13.2 Å². The lowest BCUT2D eigenvalue weighted by atomic mass is 10.1. The Morgan fingerprint density at radius 1 is 1.12 bits per heavy atom. The van der Waals surface area contributed by atoms with Crippen LogP contribution in [0, 0.1) is 0 Å². The van der Waals surface area contributed by atoms with Crippen molar-refractivity contribution >= 4 is 11.9 Å². The maximum Gasteiger partial charge on any atom is 0.573 e. The van der Waals surface area contributed by atoms with Gasteiger partial charge in [0.1, 0.15) is 11.4 Å². The minimum absolute atomic E-state index is 0.0118. The summed E-state index contributed by atoms with van der Waals surface area (Å²) in [5.41, 5.74) is 6.04. The summed E-state index contributed by atoms with van der Waals surface area (Å²) in [5.74, 6) is -0.749. The van der Waals surface area contributed by atoms with Crippen LogP contribution in [0.25, 0.3) is 11.3 Å². The average Bonchev–Trinajstić information content (AvgIpc) is 2.61. The number of amides is 1. The lowest BCUT2D eigenvalue weighted by molar-refractivity contribution is -0.274. The maximum atomic E-state index is 12.4. The third-order valence-electron chi connectivity index (χ3n) is 3.97. The Bertz CT molecular complexity index is 805. The van der Waals surface area contributed by atoms with Gasteiger partial charge in [0.2, 0.25) is 5.95 Å². The molecule has 1 aromatic carbocycles. The fourth-order valence-electron chi connectivity index (χ4n) is 2.80. The molecule has 1 aliphatic rings. The van der Waals surface area contributed by atoms with Crippen LogP contribution < -0.4 is 15.4 Å². The van der Waals surface area contributed by atoms with Crippen molar-refractivity contribution in [1.82, 2.24) is 9.97 Å². The van der Waals surface area contributed by atoms with E-state index in [-0.39, 0.29) is 11.4 Å². The standard InChI is InChI=1S/C17H17F3N4O2/c18-17(19,20)26-12-6-4-5-11(9-12)13-10-14(15(21)25)23-16(22-13)24-7-2-1-3-8-24/h4-6,9-10H,1-3,7-8H2,(H2,21,25). The first kappa shape index (κ1) is 18.0. The molecule has 2 aromatic rings. The molecule has 1 amide bonds. The fourth-order valence-corrected chi connectivity index (χ4v) is 2.80. The molecule has 0 unspecified atom stereocenters. The van der Waals surface area contributed by atoms with E-state index in [1.165, 1.54) is 24.3 Å². The molecule has 0 atom stereocenters. The SMILES string of the molecule is NC(=O)c1cc(-c2cccc(OC(F)(F)F)c2)nc(N2CCCCC2)n1. The van der Waals surface area contributed by atoms with Crippen molar-refractivity contribution in [2.24, 2.45) is 5.73 Å². The molecule has 0 saturated carbocycles. The van der Waals surface area contributed by atoms with Gasteiger partial charge in [-0.05, 0) is 37.5 Å². The van der Waals surface area contributed by atoms with E-state index in [4.69, 9.17) is 5.73 Å². The molecule has 2 heterocycles. The molecule has 1 saturated heterocycles. The number of anilines is 1. The first-order valence-corrected chi connectivity index (χ1v) is 8.12. The van der Waals surface area contributed by atoms with Crippen LogP contribution in [-0.4, -0.2) is 35.3 Å². The van der Waals surface area contributed by atoms with Crippen LogP contribution in [-0.2, 0) is 0 Å². The van der Waals surface area contributed by atoms with Gasteiger partial charge >= 0.3 is 6.36 Å². The zero-order valence-electron chi connectivity index (χ0n) is 13.8. The lowest BCUT2D eigenvalue weighted by Crippen LogP contribution is -2.31. The zero-order valence-corrected chi connectivity index (χ0v) is 13.8. The van der Waals surface area contributed by atoms with E-state index in [2.05, 4.69) is 14.7 Å². The van der Waals surface area contributed by atoms with Gasteiger partial charge in [-0.3, -0.25) is 4.79 Å². The second kappa shape index (κ2) is 7.19. The molecule has 2 N–H and O–H groups in total. The average molecular weight is 366 g/mol. The van der Waals surface area contributed by atoms with Crippen molar-refractivity contribution in [3.63, 3.8) is 0 Å². The quantitative estimate of drug-likeness (QED) is 0.899. The number of nitrogens with two attached hydrogens (primary N) is 1. The number of nitrogens with zero attached hydrogens (tertiary/aromatic N) is 3. The normalized spacial score (nSPS) is 15.0. The number of primary amides is 1. The fraction of sp³-hybridized carbons (Fsp3) is 0.353. The zero-order chi connectivity index (χ0) is 18.7. The number of halogens is 3. The van der Waals surface area contributed by atoms with Crippen molar-refractivity contribution in [2.45, 2.75) is 25.6 Å². The number of piperidine rings is 1. The van der Waals surface area contributed by atoms with Gasteiger partial charge in [-0.2, -0.15) is 0 Å². The van der Waals surface area contributed by atoms with Crippen LogP contribution in [0.3, 0.4) is 0 Å². The molecule has 3 rings (SSSR count). The molecular weight excluding hydrogens is 349 g/mol. The summed E-state index contributed by atoms with van der Waals surface area (Å²) in [6.07, 6.45) is -1.72. The molecule has 0 bridgehead atoms. The predicted octanol–water partition coefficient (Wildman–Crippen LogP) is 3.13. The van der Waals surface area contributed by atoms with Crippen LogP contribution in [0.15, 0.2) is 30.3 Å². The molecular formula is C17H17F3N4O2. The number of hydrogen-bond donors (Lipinski definition) is 1. The summed E-state index contributed by atoms with van der Waals surface area (Å²) in [4.78, 5) is 22.2. The van der Waals surface area contributed by atoms with Crippen molar-refractivity contribution < 1.29 is 22.7 Å². The molecule has 1 aliphatic heterocycles. The maximum absolute atomic E-state index is 12.4. The van der Waals surface area contributed by atoms with Crippen LogP contribution in [0.5, 0.6) is 5.75 Å². The van der Waals surface area contributed by atoms with Gasteiger partial charge in [-0.1, -0.05) is 12.1 Å². The third-order valence-corrected chi connectivity index (χ3v) is 3.97. The molecule has 26 heavy (non-hydrogen) atoms. The number of alkyl halides is 3. The molecule has 1 fully saturated rings. The van der Waals surface area contributed by atoms with Gasteiger partial charge < -0.3 is 15.4 Å². The first-order chi connectivity index (χ1) is 12.3. The monoisotopic (exact) mass is 366 g/mol. The van der Waals surface area contributed by atoms with Crippen molar-refractivity contribution in [1.29, 1.82) is 0 Å². The number of benzene rings is 1. The Hall–Kier alpha value is -2.84. The van der Waals surface area contributed by atoms with Gasteiger partial charge in [0.15, 0.2) is 0 Å². The third kappa shape index (κ3) is 4.41. The van der Waals surface area contributed by atoms with E-state index in [0.29, 0.717) is 17.2 Å². The smallest absolute Gasteiger partial charge is 0.406 e. The number of hydrogen-bond acceptors (Lipinski definition) is 5. The summed E-state index contributed by atoms with van der Waals surface area (Å²) in [6, 6.07) is 6.77. The Balaban J connectivity index is 1.99. The number of aromatic nitrogens is 2. The highest BCUT2D eigenvalue weighted by Crippen LogP contribution is 2.28. The molecule has 1 aromatic heterocycles. The van der Waals surface area contributed by atoms with Gasteiger partial charge in [0, 0.05) is 18.7 Å². The van der Waals surface area contributed by atoms with Gasteiger partial charge in [0.05, 0.1) is 5.69 Å². The predicted molar refractivity (Wildman–Crippen MR) is 88.7 cm³/mol. The second-order valence-electron chi connectivity index (χ2n) is 5.93. The number of carbonyl (C=O) groups is 1. The van der Waals surface area contributed by atoms with E-state index in [1.807, 2.05) is 4.90 Å². The van der Waals surface area contributed by atoms with Crippen molar-refractivity contribution in [2.75, 3.05) is 18.0 Å². The minimum atomic E-state index is -4.79. The highest BCUT2D eigenvalue weighted by molar-refractivity contribution is 5.92. The van der Waals surface area contributed by atoms with E-state index < -0.39 is 12.3 Å². The molecule has 138 valence electrons. The van der Waals surface area contributed by atoms with E-state index in [1.54, 1.807) is 6.07 Å². The Kier molecular flexibility index (Phi) is 4.97. The minimum Gasteiger partial charge on any atom is -0.406 e. The molecule has 0 aliphatic carbocycles. The second-order valence-corrected chi connectivity index (χ2v) is 5.93. The van der Waals surface area contributed by atoms with Crippen molar-refractivity contribution in [3.05, 3.63) is 36.0 Å². The van der Waals surface area contributed by atoms with Gasteiger partial charge in [-0.25, -0.2) is 9.97 Å². The Morgan fingerprint density at radius 3 is 2.50 bits per heavy atom. The van der Waals surface area contributed by atoms with Crippen LogP contribution in [0.2, 0.25) is 0 Å². The highest BCUT2D eigenvalue weighted by Gasteiger charge is 2.31. The van der Waals surface area contributed by atoms with E-state index in [9.17, 15) is 18.0 Å². The first-order valence-electron chi connectivity index (χ1n) is 8.12. The van der Waals surface area contributed by atoms with Crippen LogP contribution >= 0.6 is 0 Å². The molecule has 9 heteroatoms. The van der Waals surface area contributed by atoms with Crippen molar-refractivity contribution in [3.8, 4) is 17.0 Å². The Labute approximate surface area is 147 Å². The van der Waals surface area contributed by atoms with E-state index in [0.717, 1.165) is 32.4 Å². The number of ether oxygens (including phenoxy) is 1. The largest absolute Gasteiger partial charge is 0.573 e. The molecule has 0 radical (unpaired) electrons. The Morgan fingerprint density at radius 2 is 1.85 bits per heavy atom. The summed E-state index contributed by atoms with van der Waals surface area (Å²) < 4.78 is 41.3. The van der Waals surface area contributed by atoms with Crippen LogP contribution in [0.4, 0.5) is 19.1 Å². The topological polar surface area (TPSA) is 81.3 Å². The highest BCUT2D eigenvalue weighted by atomic mass is 19.4. The summed E-state index contributed by atoms with van der Waals surface area (Å²) in [6.45, 7) is 1.50. The summed E-state index contributed by atoms with van der Waals surface area (Å²) in [5, 5.41) is 0. The van der Waals surface area contributed by atoms with Gasteiger partial charge in [0.25, 0.3) is 5.91 Å². The number of carbonyl (C=O) groups excluding carboxylic acids is 1. The number of rotatable bonds is 4. The summed E-state index contributed by atoms with van der Waals surface area (Å²) in [7, 11) is 0. The lowest BCUT2D eigenvalue weighted by Gasteiger charge is -2.27. The summed E-state index contributed by atoms with van der Waals surface area (Å²) >= 11 is 0. The molecule has 0 spiro atoms. The molecule has 6 nitrogen and oxygen atoms in total. The van der Waals surface area contributed by atoms with Crippen LogP contribution in [0.1, 0.15) is 29.8 Å².